The lowest BCUT2D eigenvalue weighted by atomic mass is 10.1. The number of aryl methyl sites for hydroxylation is 1. The van der Waals surface area contributed by atoms with E-state index < -0.39 is 55.5 Å². The Balaban J connectivity index is 2.11. The smallest absolute Gasteiger partial charge is 0.259 e. The van der Waals surface area contributed by atoms with E-state index in [4.69, 9.17) is 4.42 Å². The van der Waals surface area contributed by atoms with Crippen molar-refractivity contribution in [2.24, 2.45) is 0 Å². The van der Waals surface area contributed by atoms with Crippen LogP contribution in [-0.4, -0.2) is 20.6 Å². The average molecular weight is 401 g/mol. The molecule has 0 radical (unpaired) electrons. The fourth-order valence-corrected chi connectivity index (χ4v) is 3.25. The van der Waals surface area contributed by atoms with Gasteiger partial charge in [-0.05, 0) is 25.1 Å². The molecule has 1 amide bonds. The summed E-state index contributed by atoms with van der Waals surface area (Å²) >= 11 is 0. The van der Waals surface area contributed by atoms with Crippen molar-refractivity contribution in [2.75, 3.05) is 11.6 Å². The van der Waals surface area contributed by atoms with Gasteiger partial charge >= 0.3 is 0 Å². The van der Waals surface area contributed by atoms with Gasteiger partial charge in [-0.15, -0.1) is 0 Å². The van der Waals surface area contributed by atoms with Crippen molar-refractivity contribution >= 4 is 32.4 Å². The zero-order valence-electron chi connectivity index (χ0n) is 13.9. The first kappa shape index (κ1) is 18.9. The number of nitrogens with one attached hydrogen (secondary N) is 1. The first-order chi connectivity index (χ1) is 12.5. The van der Waals surface area contributed by atoms with Gasteiger partial charge in [-0.3, -0.25) is 4.79 Å². The highest BCUT2D eigenvalue weighted by Crippen LogP contribution is 2.33. The number of rotatable bonds is 3. The standard InChI is InChI=1S/C17H11F4NO4S/c1-7-10(11-12(18)13(19)14(20)15(21)16(11)26-7)17(23)22-8-4-3-5-9(6-8)27(2,24)25/h3-6H,1-2H3,(H,22,23). The maximum absolute atomic E-state index is 14.1. The summed E-state index contributed by atoms with van der Waals surface area (Å²) in [6.07, 6.45) is 0.969. The van der Waals surface area contributed by atoms with Gasteiger partial charge in [0.15, 0.2) is 27.1 Å². The Kier molecular flexibility index (Phi) is 4.46. The zero-order chi connectivity index (χ0) is 20.1. The van der Waals surface area contributed by atoms with Crippen molar-refractivity contribution in [1.82, 2.24) is 0 Å². The van der Waals surface area contributed by atoms with E-state index in [2.05, 4.69) is 5.32 Å². The van der Waals surface area contributed by atoms with Gasteiger partial charge < -0.3 is 9.73 Å². The Morgan fingerprint density at radius 2 is 1.67 bits per heavy atom. The van der Waals surface area contributed by atoms with Crippen LogP contribution in [0.1, 0.15) is 16.1 Å². The Hall–Kier alpha value is -2.88. The molecule has 0 aliphatic carbocycles. The molecule has 1 heterocycles. The van der Waals surface area contributed by atoms with Crippen LogP contribution in [0.15, 0.2) is 33.6 Å². The molecule has 0 fully saturated rings. The molecule has 10 heteroatoms. The van der Waals surface area contributed by atoms with E-state index in [-0.39, 0.29) is 16.3 Å². The molecule has 0 spiro atoms. The van der Waals surface area contributed by atoms with Gasteiger partial charge in [0.1, 0.15) is 5.76 Å². The van der Waals surface area contributed by atoms with Gasteiger partial charge in [-0.2, -0.15) is 4.39 Å². The van der Waals surface area contributed by atoms with Crippen LogP contribution in [0.3, 0.4) is 0 Å². The van der Waals surface area contributed by atoms with Crippen LogP contribution in [0.2, 0.25) is 0 Å². The van der Waals surface area contributed by atoms with Crippen LogP contribution in [0.5, 0.6) is 0 Å². The van der Waals surface area contributed by atoms with Crippen molar-refractivity contribution < 1.29 is 35.2 Å². The monoisotopic (exact) mass is 401 g/mol. The maximum Gasteiger partial charge on any atom is 0.259 e. The van der Waals surface area contributed by atoms with Crippen molar-refractivity contribution in [2.45, 2.75) is 11.8 Å². The average Bonchev–Trinajstić information content (AvgIpc) is 2.95. The summed E-state index contributed by atoms with van der Waals surface area (Å²) in [6.45, 7) is 1.19. The van der Waals surface area contributed by atoms with Gasteiger partial charge in [0.2, 0.25) is 11.6 Å². The second kappa shape index (κ2) is 6.38. The zero-order valence-corrected chi connectivity index (χ0v) is 14.7. The first-order valence-electron chi connectivity index (χ1n) is 7.39. The Morgan fingerprint density at radius 3 is 2.30 bits per heavy atom. The number of carbonyl (C=O) groups is 1. The third kappa shape index (κ3) is 3.16. The van der Waals surface area contributed by atoms with Crippen molar-refractivity contribution in [3.8, 4) is 0 Å². The SMILES string of the molecule is Cc1oc2c(F)c(F)c(F)c(F)c2c1C(=O)Nc1cccc(S(C)(=O)=O)c1. The third-order valence-electron chi connectivity index (χ3n) is 3.83. The number of sulfone groups is 1. The summed E-state index contributed by atoms with van der Waals surface area (Å²) in [6, 6.07) is 5.18. The topological polar surface area (TPSA) is 76.4 Å². The molecule has 142 valence electrons. The van der Waals surface area contributed by atoms with Gasteiger partial charge in [-0.25, -0.2) is 21.6 Å². The lowest BCUT2D eigenvalue weighted by Crippen LogP contribution is -2.14. The minimum atomic E-state index is -3.55. The number of anilines is 1. The molecular formula is C17H11F4NO4S. The van der Waals surface area contributed by atoms with Gasteiger partial charge in [-0.1, -0.05) is 6.07 Å². The third-order valence-corrected chi connectivity index (χ3v) is 4.94. The molecule has 0 saturated heterocycles. The molecular weight excluding hydrogens is 390 g/mol. The second-order valence-corrected chi connectivity index (χ2v) is 7.76. The van der Waals surface area contributed by atoms with Crippen molar-refractivity contribution in [3.63, 3.8) is 0 Å². The Morgan fingerprint density at radius 1 is 1.04 bits per heavy atom. The quantitative estimate of drug-likeness (QED) is 0.410. The molecule has 0 saturated carbocycles. The van der Waals surface area contributed by atoms with Crippen molar-refractivity contribution in [1.29, 1.82) is 0 Å². The highest BCUT2D eigenvalue weighted by Gasteiger charge is 2.30. The summed E-state index contributed by atoms with van der Waals surface area (Å²) in [5, 5.41) is 1.46. The fourth-order valence-electron chi connectivity index (χ4n) is 2.58. The summed E-state index contributed by atoms with van der Waals surface area (Å²) in [5.74, 6) is -8.94. The summed E-state index contributed by atoms with van der Waals surface area (Å²) in [7, 11) is -3.55. The number of hydrogen-bond donors (Lipinski definition) is 1. The highest BCUT2D eigenvalue weighted by molar-refractivity contribution is 7.90. The van der Waals surface area contributed by atoms with Crippen molar-refractivity contribution in [3.05, 3.63) is 58.9 Å². The molecule has 0 aliphatic heterocycles. The number of halogens is 4. The molecule has 0 bridgehead atoms. The number of furan rings is 1. The largest absolute Gasteiger partial charge is 0.457 e. The van der Waals surface area contributed by atoms with E-state index in [1.165, 1.54) is 25.1 Å². The number of hydrogen-bond acceptors (Lipinski definition) is 4. The molecule has 2 aromatic carbocycles. The number of benzene rings is 2. The normalized spacial score (nSPS) is 11.8. The highest BCUT2D eigenvalue weighted by atomic mass is 32.2. The lowest BCUT2D eigenvalue weighted by molar-refractivity contribution is 0.102. The number of amides is 1. The van der Waals surface area contributed by atoms with Gasteiger partial charge in [0.25, 0.3) is 5.91 Å². The molecule has 0 atom stereocenters. The Bertz CT molecular complexity index is 1200. The van der Waals surface area contributed by atoms with Crippen LogP contribution in [0.4, 0.5) is 23.2 Å². The van der Waals surface area contributed by atoms with E-state index in [9.17, 15) is 30.8 Å². The molecule has 3 aromatic rings. The predicted molar refractivity (Wildman–Crippen MR) is 88.3 cm³/mol. The minimum absolute atomic E-state index is 0.0418. The van der Waals surface area contributed by atoms with Gasteiger partial charge in [0, 0.05) is 11.9 Å². The molecule has 0 unspecified atom stereocenters. The molecule has 3 rings (SSSR count). The van der Waals surface area contributed by atoms with E-state index >= 15 is 0 Å². The molecule has 1 N–H and O–H groups in total. The summed E-state index contributed by atoms with van der Waals surface area (Å²) in [4.78, 5) is 12.4. The van der Waals surface area contributed by atoms with E-state index in [0.29, 0.717) is 0 Å². The summed E-state index contributed by atoms with van der Waals surface area (Å²) < 4.78 is 83.0. The van der Waals surface area contributed by atoms with E-state index in [0.717, 1.165) is 12.3 Å². The fraction of sp³-hybridized carbons (Fsp3) is 0.118. The molecule has 27 heavy (non-hydrogen) atoms. The van der Waals surface area contributed by atoms with Crippen LogP contribution in [-0.2, 0) is 9.84 Å². The number of fused-ring (bicyclic) bond motifs is 1. The van der Waals surface area contributed by atoms with Crippen LogP contribution >= 0.6 is 0 Å². The van der Waals surface area contributed by atoms with Crippen LogP contribution < -0.4 is 5.32 Å². The lowest BCUT2D eigenvalue weighted by Gasteiger charge is -2.07. The minimum Gasteiger partial charge on any atom is -0.457 e. The molecule has 0 aliphatic rings. The molecule has 5 nitrogen and oxygen atoms in total. The maximum atomic E-state index is 14.1. The first-order valence-corrected chi connectivity index (χ1v) is 9.28. The van der Waals surface area contributed by atoms with Gasteiger partial charge in [0.05, 0.1) is 15.8 Å². The van der Waals surface area contributed by atoms with Crippen LogP contribution in [0.25, 0.3) is 11.0 Å². The van der Waals surface area contributed by atoms with E-state index in [1.807, 2.05) is 0 Å². The predicted octanol–water partition coefficient (Wildman–Crippen LogP) is 3.95. The Labute approximate surface area is 150 Å². The van der Waals surface area contributed by atoms with Crippen LogP contribution in [0, 0.1) is 30.2 Å². The summed E-state index contributed by atoms with van der Waals surface area (Å²) in [5.41, 5.74) is -1.43. The number of carbonyl (C=O) groups excluding carboxylic acids is 1. The second-order valence-electron chi connectivity index (χ2n) is 5.75. The molecule has 1 aromatic heterocycles. The van der Waals surface area contributed by atoms with E-state index in [1.54, 1.807) is 0 Å².